The summed E-state index contributed by atoms with van der Waals surface area (Å²) in [6.07, 6.45) is 1.13. The first kappa shape index (κ1) is 10.2. The number of halogens is 1. The number of nitrogens with zero attached hydrogens (tertiary/aromatic N) is 1. The van der Waals surface area contributed by atoms with Crippen LogP contribution in [0.1, 0.15) is 18.1 Å². The van der Waals surface area contributed by atoms with Gasteiger partial charge in [0.1, 0.15) is 0 Å². The SMILES string of the molecule is CCc1ccc(CN2C[C@H]2CBr)cc1. The number of hydrogen-bond acceptors (Lipinski definition) is 1. The molecule has 1 unspecified atom stereocenters. The molecule has 1 nitrogen and oxygen atoms in total. The van der Waals surface area contributed by atoms with E-state index in [0.29, 0.717) is 0 Å². The topological polar surface area (TPSA) is 3.01 Å². The van der Waals surface area contributed by atoms with E-state index < -0.39 is 0 Å². The van der Waals surface area contributed by atoms with Gasteiger partial charge in [0.05, 0.1) is 0 Å². The fourth-order valence-electron chi connectivity index (χ4n) is 1.68. The van der Waals surface area contributed by atoms with E-state index in [0.717, 1.165) is 24.3 Å². The van der Waals surface area contributed by atoms with Gasteiger partial charge < -0.3 is 0 Å². The van der Waals surface area contributed by atoms with Gasteiger partial charge in [0.25, 0.3) is 0 Å². The quantitative estimate of drug-likeness (QED) is 0.589. The fourth-order valence-corrected chi connectivity index (χ4v) is 2.29. The lowest BCUT2D eigenvalue weighted by atomic mass is 10.1. The average Bonchev–Trinajstić information content (AvgIpc) is 2.98. The van der Waals surface area contributed by atoms with Crippen LogP contribution in [0.2, 0.25) is 0 Å². The van der Waals surface area contributed by atoms with Crippen molar-refractivity contribution < 1.29 is 0 Å². The molecule has 0 aliphatic carbocycles. The molecule has 0 bridgehead atoms. The molecule has 1 fully saturated rings. The van der Waals surface area contributed by atoms with E-state index in [9.17, 15) is 0 Å². The minimum Gasteiger partial charge on any atom is -0.292 e. The highest BCUT2D eigenvalue weighted by atomic mass is 79.9. The molecule has 0 saturated carbocycles. The predicted molar refractivity (Wildman–Crippen MR) is 63.8 cm³/mol. The third-order valence-electron chi connectivity index (χ3n) is 2.82. The van der Waals surface area contributed by atoms with Crippen LogP contribution in [-0.2, 0) is 13.0 Å². The summed E-state index contributed by atoms with van der Waals surface area (Å²) >= 11 is 3.51. The molecule has 14 heavy (non-hydrogen) atoms. The molecule has 0 aromatic heterocycles. The zero-order chi connectivity index (χ0) is 9.97. The fraction of sp³-hybridized carbons (Fsp3) is 0.500. The first-order chi connectivity index (χ1) is 6.83. The van der Waals surface area contributed by atoms with Crippen molar-refractivity contribution in [2.45, 2.75) is 25.9 Å². The van der Waals surface area contributed by atoms with Crippen molar-refractivity contribution in [2.24, 2.45) is 0 Å². The van der Waals surface area contributed by atoms with Crippen molar-refractivity contribution in [1.82, 2.24) is 4.90 Å². The first-order valence-electron chi connectivity index (χ1n) is 5.21. The van der Waals surface area contributed by atoms with Crippen LogP contribution in [0, 0.1) is 0 Å². The second kappa shape index (κ2) is 4.45. The number of benzene rings is 1. The Morgan fingerprint density at radius 1 is 1.29 bits per heavy atom. The molecule has 0 amide bonds. The van der Waals surface area contributed by atoms with E-state index in [2.05, 4.69) is 52.0 Å². The first-order valence-corrected chi connectivity index (χ1v) is 6.33. The molecule has 2 heteroatoms. The van der Waals surface area contributed by atoms with Gasteiger partial charge in [-0.3, -0.25) is 4.90 Å². The van der Waals surface area contributed by atoms with E-state index in [1.165, 1.54) is 17.7 Å². The molecular formula is C12H16BrN. The van der Waals surface area contributed by atoms with Crippen LogP contribution in [0.5, 0.6) is 0 Å². The maximum atomic E-state index is 3.51. The molecule has 0 radical (unpaired) electrons. The van der Waals surface area contributed by atoms with Gasteiger partial charge in [-0.05, 0) is 17.5 Å². The Morgan fingerprint density at radius 3 is 2.43 bits per heavy atom. The predicted octanol–water partition coefficient (Wildman–Crippen LogP) is 2.83. The zero-order valence-corrected chi connectivity index (χ0v) is 10.1. The van der Waals surface area contributed by atoms with Crippen molar-refractivity contribution in [2.75, 3.05) is 11.9 Å². The number of aryl methyl sites for hydroxylation is 1. The highest BCUT2D eigenvalue weighted by Gasteiger charge is 2.31. The summed E-state index contributed by atoms with van der Waals surface area (Å²) in [6.45, 7) is 4.56. The van der Waals surface area contributed by atoms with Gasteiger partial charge in [0.15, 0.2) is 0 Å². The summed E-state index contributed by atoms with van der Waals surface area (Å²) in [5.41, 5.74) is 2.86. The number of alkyl halides is 1. The second-order valence-corrected chi connectivity index (χ2v) is 4.56. The summed E-state index contributed by atoms with van der Waals surface area (Å²) in [6, 6.07) is 9.76. The maximum absolute atomic E-state index is 3.51. The molecule has 1 heterocycles. The average molecular weight is 254 g/mol. The molecule has 2 atom stereocenters. The smallest absolute Gasteiger partial charge is 0.0324 e. The van der Waals surface area contributed by atoms with Gasteiger partial charge in [-0.2, -0.15) is 0 Å². The summed E-state index contributed by atoms with van der Waals surface area (Å²) < 4.78 is 0. The Balaban J connectivity index is 1.91. The standard InChI is InChI=1S/C12H16BrN/c1-2-10-3-5-11(6-4-10)8-14-9-12(14)7-13/h3-6,12H,2,7-9H2,1H3/t12-,14?/m1/s1. The minimum atomic E-state index is 0.779. The molecule has 1 aromatic rings. The minimum absolute atomic E-state index is 0.779. The van der Waals surface area contributed by atoms with Gasteiger partial charge in [-0.1, -0.05) is 47.1 Å². The van der Waals surface area contributed by atoms with E-state index in [1.807, 2.05) is 0 Å². The normalized spacial score (nSPS) is 25.0. The summed E-state index contributed by atoms with van der Waals surface area (Å²) in [5, 5.41) is 1.11. The molecule has 1 aliphatic heterocycles. The molecule has 1 aromatic carbocycles. The molecule has 1 aliphatic rings. The summed E-state index contributed by atoms with van der Waals surface area (Å²) in [7, 11) is 0. The van der Waals surface area contributed by atoms with Gasteiger partial charge in [-0.15, -0.1) is 0 Å². The lowest BCUT2D eigenvalue weighted by molar-refractivity contribution is 0.518. The van der Waals surface area contributed by atoms with E-state index in [4.69, 9.17) is 0 Å². The highest BCUT2D eigenvalue weighted by molar-refractivity contribution is 9.09. The van der Waals surface area contributed by atoms with Gasteiger partial charge >= 0.3 is 0 Å². The Kier molecular flexibility index (Phi) is 3.24. The molecule has 1 saturated heterocycles. The van der Waals surface area contributed by atoms with Crippen LogP contribution in [0.3, 0.4) is 0 Å². The van der Waals surface area contributed by atoms with E-state index >= 15 is 0 Å². The lowest BCUT2D eigenvalue weighted by Crippen LogP contribution is -2.02. The van der Waals surface area contributed by atoms with Crippen LogP contribution in [0.4, 0.5) is 0 Å². The van der Waals surface area contributed by atoms with E-state index in [-0.39, 0.29) is 0 Å². The third kappa shape index (κ3) is 2.37. The Bertz CT molecular complexity index is 294. The molecule has 2 rings (SSSR count). The van der Waals surface area contributed by atoms with Crippen LogP contribution in [0.25, 0.3) is 0 Å². The molecule has 0 N–H and O–H groups in total. The number of hydrogen-bond donors (Lipinski definition) is 0. The van der Waals surface area contributed by atoms with Gasteiger partial charge in [0, 0.05) is 24.5 Å². The Hall–Kier alpha value is -0.340. The Morgan fingerprint density at radius 2 is 1.93 bits per heavy atom. The lowest BCUT2D eigenvalue weighted by Gasteiger charge is -2.03. The van der Waals surface area contributed by atoms with Crippen molar-refractivity contribution in [1.29, 1.82) is 0 Å². The zero-order valence-electron chi connectivity index (χ0n) is 8.54. The van der Waals surface area contributed by atoms with Crippen molar-refractivity contribution in [3.8, 4) is 0 Å². The Labute approximate surface area is 94.2 Å². The third-order valence-corrected chi connectivity index (χ3v) is 3.57. The molecule has 0 spiro atoms. The largest absolute Gasteiger partial charge is 0.292 e. The van der Waals surface area contributed by atoms with Gasteiger partial charge in [-0.25, -0.2) is 0 Å². The van der Waals surface area contributed by atoms with Crippen molar-refractivity contribution in [3.05, 3.63) is 35.4 Å². The van der Waals surface area contributed by atoms with Crippen LogP contribution < -0.4 is 0 Å². The van der Waals surface area contributed by atoms with E-state index in [1.54, 1.807) is 0 Å². The second-order valence-electron chi connectivity index (χ2n) is 3.91. The van der Waals surface area contributed by atoms with Crippen LogP contribution in [-0.4, -0.2) is 22.8 Å². The molecule has 76 valence electrons. The summed E-state index contributed by atoms with van der Waals surface area (Å²) in [4.78, 5) is 2.48. The number of rotatable bonds is 4. The van der Waals surface area contributed by atoms with Crippen LogP contribution >= 0.6 is 15.9 Å². The monoisotopic (exact) mass is 253 g/mol. The van der Waals surface area contributed by atoms with Crippen molar-refractivity contribution >= 4 is 15.9 Å². The van der Waals surface area contributed by atoms with Gasteiger partial charge in [0.2, 0.25) is 0 Å². The highest BCUT2D eigenvalue weighted by Crippen LogP contribution is 2.22. The maximum Gasteiger partial charge on any atom is 0.0324 e. The van der Waals surface area contributed by atoms with Crippen LogP contribution in [0.15, 0.2) is 24.3 Å². The molecular weight excluding hydrogens is 238 g/mol. The summed E-state index contributed by atoms with van der Waals surface area (Å²) in [5.74, 6) is 0. The van der Waals surface area contributed by atoms with Crippen molar-refractivity contribution in [3.63, 3.8) is 0 Å².